The quantitative estimate of drug-likeness (QED) is 0.581. The second-order valence-corrected chi connectivity index (χ2v) is 4.53. The van der Waals surface area contributed by atoms with Crippen molar-refractivity contribution in [3.05, 3.63) is 0 Å². The van der Waals surface area contributed by atoms with Gasteiger partial charge in [0.2, 0.25) is 0 Å². The summed E-state index contributed by atoms with van der Waals surface area (Å²) < 4.78 is 76.7. The summed E-state index contributed by atoms with van der Waals surface area (Å²) in [6, 6.07) is 0. The first kappa shape index (κ1) is 17.0. The van der Waals surface area contributed by atoms with E-state index in [9.17, 15) is 31.1 Å². The first-order valence-corrected chi connectivity index (χ1v) is 5.74. The van der Waals surface area contributed by atoms with Gasteiger partial charge < -0.3 is 9.64 Å². The first-order chi connectivity index (χ1) is 9.00. The second kappa shape index (κ2) is 6.17. The summed E-state index contributed by atoms with van der Waals surface area (Å²) in [4.78, 5) is 14.6. The Morgan fingerprint density at radius 3 is 1.90 bits per heavy atom. The molecule has 0 aromatic rings. The average Bonchev–Trinajstić information content (AvgIpc) is 2.26. The van der Waals surface area contributed by atoms with Crippen molar-refractivity contribution < 1.29 is 35.9 Å². The molecule has 1 aliphatic heterocycles. The minimum atomic E-state index is -5.67. The molecule has 0 saturated carbocycles. The highest BCUT2D eigenvalue weighted by atomic mass is 19.4. The molecule has 0 aliphatic carbocycles. The van der Waals surface area contributed by atoms with E-state index >= 15 is 0 Å². The smallest absolute Gasteiger partial charge is 0.434 e. The summed E-state index contributed by atoms with van der Waals surface area (Å²) in [5, 5.41) is 0. The van der Waals surface area contributed by atoms with Gasteiger partial charge >= 0.3 is 18.3 Å². The molecule has 0 radical (unpaired) electrons. The molecule has 0 aromatic heterocycles. The highest BCUT2D eigenvalue weighted by Crippen LogP contribution is 2.35. The summed E-state index contributed by atoms with van der Waals surface area (Å²) in [6.45, 7) is 1.34. The third kappa shape index (κ3) is 5.16. The average molecular weight is 308 g/mol. The number of hydrogen-bond acceptors (Lipinski definition) is 4. The number of halogens is 6. The van der Waals surface area contributed by atoms with Gasteiger partial charge in [0, 0.05) is 26.2 Å². The van der Waals surface area contributed by atoms with Gasteiger partial charge in [-0.15, -0.1) is 0 Å². The van der Waals surface area contributed by atoms with Crippen LogP contribution in [0.4, 0.5) is 26.3 Å². The summed E-state index contributed by atoms with van der Waals surface area (Å²) in [5.74, 6) is -1.53. The predicted molar refractivity (Wildman–Crippen MR) is 55.9 cm³/mol. The van der Waals surface area contributed by atoms with E-state index < -0.39 is 31.0 Å². The highest BCUT2D eigenvalue weighted by Gasteiger charge is 2.59. The van der Waals surface area contributed by atoms with E-state index in [2.05, 4.69) is 4.74 Å². The lowest BCUT2D eigenvalue weighted by atomic mass is 10.3. The van der Waals surface area contributed by atoms with Crippen LogP contribution in [0.15, 0.2) is 0 Å². The molecule has 0 unspecified atom stereocenters. The molecule has 1 aliphatic rings. The van der Waals surface area contributed by atoms with Crippen LogP contribution in [0, 0.1) is 0 Å². The van der Waals surface area contributed by atoms with E-state index in [1.165, 1.54) is 4.90 Å². The normalized spacial score (nSPS) is 19.4. The number of piperazine rings is 1. The third-order valence-corrected chi connectivity index (χ3v) is 2.79. The number of carbonyl (C=O) groups is 1. The van der Waals surface area contributed by atoms with Crippen molar-refractivity contribution in [2.24, 2.45) is 0 Å². The first-order valence-electron chi connectivity index (χ1n) is 5.74. The number of esters is 1. The van der Waals surface area contributed by atoms with Crippen molar-refractivity contribution in [1.82, 2.24) is 9.80 Å². The molecule has 4 nitrogen and oxygen atoms in total. The molecule has 0 N–H and O–H groups in total. The topological polar surface area (TPSA) is 32.8 Å². The van der Waals surface area contributed by atoms with Crippen LogP contribution in [-0.4, -0.2) is 74.0 Å². The zero-order valence-electron chi connectivity index (χ0n) is 10.6. The van der Waals surface area contributed by atoms with Gasteiger partial charge in [0.05, 0.1) is 6.54 Å². The zero-order valence-corrected chi connectivity index (χ0v) is 10.6. The molecule has 0 bridgehead atoms. The van der Waals surface area contributed by atoms with Gasteiger partial charge in [0.25, 0.3) is 6.10 Å². The van der Waals surface area contributed by atoms with E-state index in [0.717, 1.165) is 0 Å². The Hall–Kier alpha value is -1.03. The summed E-state index contributed by atoms with van der Waals surface area (Å²) in [5.41, 5.74) is 0. The molecule has 20 heavy (non-hydrogen) atoms. The molecule has 1 saturated heterocycles. The van der Waals surface area contributed by atoms with Crippen LogP contribution in [0.3, 0.4) is 0 Å². The second-order valence-electron chi connectivity index (χ2n) is 4.53. The zero-order chi connectivity index (χ0) is 15.6. The Balaban J connectivity index is 2.55. The van der Waals surface area contributed by atoms with Crippen LogP contribution >= 0.6 is 0 Å². The van der Waals surface area contributed by atoms with E-state index in [4.69, 9.17) is 0 Å². The standard InChI is InChI=1S/C10H14F6N2O2/c1-17-2-4-18(5-3-17)6-7(19)20-8(9(11,12)13)10(14,15)16/h8H,2-6H2,1H3. The molecule has 10 heteroatoms. The van der Waals surface area contributed by atoms with Crippen LogP contribution in [0.25, 0.3) is 0 Å². The maximum atomic E-state index is 12.2. The van der Waals surface area contributed by atoms with Crippen LogP contribution < -0.4 is 0 Å². The Bertz CT molecular complexity index is 322. The lowest BCUT2D eigenvalue weighted by Gasteiger charge is -2.32. The molecule has 0 aromatic carbocycles. The molecule has 0 spiro atoms. The number of nitrogens with zero attached hydrogens (tertiary/aromatic N) is 2. The largest absolute Gasteiger partial charge is 0.442 e. The number of hydrogen-bond donors (Lipinski definition) is 0. The summed E-state index contributed by atoms with van der Waals surface area (Å²) >= 11 is 0. The van der Waals surface area contributed by atoms with Crippen LogP contribution in [0.2, 0.25) is 0 Å². The van der Waals surface area contributed by atoms with E-state index in [-0.39, 0.29) is 0 Å². The number of carbonyl (C=O) groups excluding carboxylic acids is 1. The minimum absolute atomic E-state index is 0.383. The third-order valence-electron chi connectivity index (χ3n) is 2.79. The Kier molecular flexibility index (Phi) is 5.25. The molecule has 1 heterocycles. The van der Waals surface area contributed by atoms with Gasteiger partial charge in [-0.1, -0.05) is 0 Å². The molecule has 0 amide bonds. The van der Waals surface area contributed by atoms with E-state index in [1.54, 1.807) is 0 Å². The lowest BCUT2D eigenvalue weighted by molar-refractivity contribution is -0.313. The summed E-state index contributed by atoms with van der Waals surface area (Å²) in [7, 11) is 1.82. The predicted octanol–water partition coefficient (Wildman–Crippen LogP) is 1.27. The van der Waals surface area contributed by atoms with Gasteiger partial charge in [-0.3, -0.25) is 9.69 Å². The van der Waals surface area contributed by atoms with E-state index in [0.29, 0.717) is 26.2 Å². The van der Waals surface area contributed by atoms with Gasteiger partial charge in [0.15, 0.2) is 0 Å². The Labute approximate surface area is 111 Å². The Morgan fingerprint density at radius 1 is 1.05 bits per heavy atom. The fourth-order valence-corrected chi connectivity index (χ4v) is 1.68. The number of ether oxygens (including phenoxy) is 1. The molecule has 118 valence electrons. The van der Waals surface area contributed by atoms with Crippen LogP contribution in [0.1, 0.15) is 0 Å². The van der Waals surface area contributed by atoms with Crippen molar-refractivity contribution in [1.29, 1.82) is 0 Å². The van der Waals surface area contributed by atoms with Gasteiger partial charge in [0.1, 0.15) is 0 Å². The van der Waals surface area contributed by atoms with Gasteiger partial charge in [-0.2, -0.15) is 26.3 Å². The van der Waals surface area contributed by atoms with Crippen molar-refractivity contribution >= 4 is 5.97 Å². The van der Waals surface area contributed by atoms with Crippen molar-refractivity contribution in [3.8, 4) is 0 Å². The van der Waals surface area contributed by atoms with Gasteiger partial charge in [-0.25, -0.2) is 0 Å². The SMILES string of the molecule is CN1CCN(CC(=O)OC(C(F)(F)F)C(F)(F)F)CC1. The maximum absolute atomic E-state index is 12.2. The van der Waals surface area contributed by atoms with E-state index in [1.807, 2.05) is 11.9 Å². The van der Waals surface area contributed by atoms with Crippen molar-refractivity contribution in [3.63, 3.8) is 0 Å². The summed E-state index contributed by atoms with van der Waals surface area (Å²) in [6.07, 6.45) is -15.4. The monoisotopic (exact) mass is 308 g/mol. The maximum Gasteiger partial charge on any atom is 0.434 e. The molecule has 0 atom stereocenters. The van der Waals surface area contributed by atoms with Crippen molar-refractivity contribution in [2.75, 3.05) is 39.8 Å². The van der Waals surface area contributed by atoms with Crippen LogP contribution in [-0.2, 0) is 9.53 Å². The minimum Gasteiger partial charge on any atom is -0.442 e. The fourth-order valence-electron chi connectivity index (χ4n) is 1.68. The van der Waals surface area contributed by atoms with Gasteiger partial charge in [-0.05, 0) is 7.05 Å². The number of rotatable bonds is 3. The fraction of sp³-hybridized carbons (Fsp3) is 0.900. The number of likely N-dealkylation sites (N-methyl/N-ethyl adjacent to an activating group) is 1. The van der Waals surface area contributed by atoms with Crippen LogP contribution in [0.5, 0.6) is 0 Å². The van der Waals surface area contributed by atoms with Crippen molar-refractivity contribution in [2.45, 2.75) is 18.5 Å². The molecule has 1 rings (SSSR count). The molecule has 1 fully saturated rings. The molecular weight excluding hydrogens is 294 g/mol. The molecular formula is C10H14F6N2O2. The highest BCUT2D eigenvalue weighted by molar-refractivity contribution is 5.72. The number of alkyl halides is 6. The lowest BCUT2D eigenvalue weighted by Crippen LogP contribution is -2.49. The Morgan fingerprint density at radius 2 is 1.50 bits per heavy atom.